The monoisotopic (exact) mass is 317 g/mol. The number of hydrogen-bond donors (Lipinski definition) is 1. The molecule has 6 heteroatoms. The van der Waals surface area contributed by atoms with Crippen LogP contribution in [-0.2, 0) is 16.4 Å². The van der Waals surface area contributed by atoms with Crippen molar-refractivity contribution in [1.82, 2.24) is 0 Å². The number of carboxylic acids is 1. The van der Waals surface area contributed by atoms with Gasteiger partial charge >= 0.3 is 5.97 Å². The first kappa shape index (κ1) is 14.6. The molecule has 0 atom stereocenters. The van der Waals surface area contributed by atoms with E-state index in [0.29, 0.717) is 18.7 Å². The summed E-state index contributed by atoms with van der Waals surface area (Å²) in [5.41, 5.74) is 2.89. The second kappa shape index (κ2) is 5.14. The Morgan fingerprint density at radius 1 is 1.14 bits per heavy atom. The second-order valence-electron chi connectivity index (χ2n) is 5.29. The van der Waals surface area contributed by atoms with Gasteiger partial charge in [-0.1, -0.05) is 17.7 Å². The second-order valence-corrected chi connectivity index (χ2v) is 7.15. The van der Waals surface area contributed by atoms with Gasteiger partial charge in [-0.05, 0) is 49.2 Å². The van der Waals surface area contributed by atoms with Gasteiger partial charge in [0.15, 0.2) is 0 Å². The van der Waals surface area contributed by atoms with Gasteiger partial charge in [0.25, 0.3) is 10.0 Å². The quantitative estimate of drug-likeness (QED) is 0.943. The number of fused-ring (bicyclic) bond motifs is 1. The maximum Gasteiger partial charge on any atom is 0.335 e. The molecular formula is C16H15NO4S. The lowest BCUT2D eigenvalue weighted by atomic mass is 10.1. The fraction of sp³-hybridized carbons (Fsp3) is 0.188. The third kappa shape index (κ3) is 2.35. The van der Waals surface area contributed by atoms with Crippen molar-refractivity contribution in [2.45, 2.75) is 18.2 Å². The van der Waals surface area contributed by atoms with Gasteiger partial charge in [-0.2, -0.15) is 0 Å². The first-order chi connectivity index (χ1) is 10.4. The molecule has 0 unspecified atom stereocenters. The van der Waals surface area contributed by atoms with Crippen molar-refractivity contribution >= 4 is 21.7 Å². The zero-order valence-corrected chi connectivity index (χ0v) is 12.8. The van der Waals surface area contributed by atoms with Crippen molar-refractivity contribution in [2.24, 2.45) is 0 Å². The number of aromatic carboxylic acids is 1. The van der Waals surface area contributed by atoms with Crippen molar-refractivity contribution in [3.05, 3.63) is 59.2 Å². The summed E-state index contributed by atoms with van der Waals surface area (Å²) in [4.78, 5) is 11.0. The minimum atomic E-state index is -3.67. The summed E-state index contributed by atoms with van der Waals surface area (Å²) in [5.74, 6) is -1.08. The molecule has 0 amide bonds. The van der Waals surface area contributed by atoms with Crippen molar-refractivity contribution in [3.8, 4) is 0 Å². The lowest BCUT2D eigenvalue weighted by Gasteiger charge is -2.19. The molecule has 1 aliphatic rings. The van der Waals surface area contributed by atoms with Crippen LogP contribution < -0.4 is 4.31 Å². The molecule has 0 bridgehead atoms. The van der Waals surface area contributed by atoms with Crippen LogP contribution in [0, 0.1) is 6.92 Å². The molecule has 1 N–H and O–H groups in total. The van der Waals surface area contributed by atoms with Gasteiger partial charge in [0.1, 0.15) is 0 Å². The summed E-state index contributed by atoms with van der Waals surface area (Å²) < 4.78 is 26.9. The summed E-state index contributed by atoms with van der Waals surface area (Å²) in [6.45, 7) is 2.38. The summed E-state index contributed by atoms with van der Waals surface area (Å²) in [7, 11) is -3.67. The molecule has 5 nitrogen and oxygen atoms in total. The summed E-state index contributed by atoms with van der Waals surface area (Å²) in [5, 5.41) is 8.89. The molecule has 0 radical (unpaired) electrons. The SMILES string of the molecule is Cc1ccc2c(c1)CCN2S(=O)(=O)c1ccc(C(=O)O)cc1. The Hall–Kier alpha value is -2.34. The topological polar surface area (TPSA) is 74.7 Å². The minimum Gasteiger partial charge on any atom is -0.478 e. The predicted octanol–water partition coefficient (Wildman–Crippen LogP) is 2.44. The molecule has 0 fully saturated rings. The van der Waals surface area contributed by atoms with Crippen molar-refractivity contribution in [3.63, 3.8) is 0 Å². The van der Waals surface area contributed by atoms with Crippen LogP contribution in [0.1, 0.15) is 21.5 Å². The molecule has 0 spiro atoms. The van der Waals surface area contributed by atoms with Gasteiger partial charge in [-0.3, -0.25) is 4.31 Å². The Bertz CT molecular complexity index is 841. The Labute approximate surface area is 128 Å². The average molecular weight is 317 g/mol. The van der Waals surface area contributed by atoms with Crippen molar-refractivity contribution < 1.29 is 18.3 Å². The molecule has 114 valence electrons. The van der Waals surface area contributed by atoms with Crippen molar-refractivity contribution in [2.75, 3.05) is 10.8 Å². The lowest BCUT2D eigenvalue weighted by molar-refractivity contribution is 0.0696. The Balaban J connectivity index is 2.00. The largest absolute Gasteiger partial charge is 0.478 e. The number of sulfonamides is 1. The number of benzene rings is 2. The Morgan fingerprint density at radius 3 is 2.45 bits per heavy atom. The molecule has 0 saturated carbocycles. The highest BCUT2D eigenvalue weighted by Gasteiger charge is 2.30. The smallest absolute Gasteiger partial charge is 0.335 e. The number of carbonyl (C=O) groups is 1. The van der Waals surface area contributed by atoms with Crippen LogP contribution in [0.3, 0.4) is 0 Å². The molecule has 0 aliphatic carbocycles. The van der Waals surface area contributed by atoms with Crippen LogP contribution in [0.5, 0.6) is 0 Å². The van der Waals surface area contributed by atoms with E-state index in [1.807, 2.05) is 25.1 Å². The molecular weight excluding hydrogens is 302 g/mol. The Morgan fingerprint density at radius 2 is 1.82 bits per heavy atom. The lowest BCUT2D eigenvalue weighted by Crippen LogP contribution is -2.29. The molecule has 0 aromatic heterocycles. The van der Waals surface area contributed by atoms with E-state index in [1.54, 1.807) is 0 Å². The molecule has 2 aromatic carbocycles. The number of rotatable bonds is 3. The van der Waals surface area contributed by atoms with Crippen molar-refractivity contribution in [1.29, 1.82) is 0 Å². The predicted molar refractivity (Wildman–Crippen MR) is 82.8 cm³/mol. The molecule has 1 aliphatic heterocycles. The molecule has 2 aromatic rings. The van der Waals surface area contributed by atoms with Crippen LogP contribution >= 0.6 is 0 Å². The van der Waals surface area contributed by atoms with E-state index in [2.05, 4.69) is 0 Å². The highest BCUT2D eigenvalue weighted by atomic mass is 32.2. The van der Waals surface area contributed by atoms with E-state index >= 15 is 0 Å². The van der Waals surface area contributed by atoms with Gasteiger partial charge in [0, 0.05) is 6.54 Å². The van der Waals surface area contributed by atoms with Gasteiger partial charge in [-0.25, -0.2) is 13.2 Å². The maximum atomic E-state index is 12.7. The molecule has 0 saturated heterocycles. The van der Waals surface area contributed by atoms with Crippen LogP contribution in [0.15, 0.2) is 47.4 Å². The number of nitrogens with zero attached hydrogens (tertiary/aromatic N) is 1. The van der Waals surface area contributed by atoms with E-state index in [4.69, 9.17) is 5.11 Å². The fourth-order valence-corrected chi connectivity index (χ4v) is 4.15. The van der Waals surface area contributed by atoms with E-state index in [-0.39, 0.29) is 10.5 Å². The maximum absolute atomic E-state index is 12.7. The average Bonchev–Trinajstić information content (AvgIpc) is 2.91. The first-order valence-corrected chi connectivity index (χ1v) is 8.29. The zero-order valence-electron chi connectivity index (χ0n) is 12.0. The van der Waals surface area contributed by atoms with Crippen LogP contribution in [-0.4, -0.2) is 26.0 Å². The number of anilines is 1. The third-order valence-corrected chi connectivity index (χ3v) is 5.60. The van der Waals surface area contributed by atoms with Gasteiger partial charge in [0.2, 0.25) is 0 Å². The molecule has 1 heterocycles. The summed E-state index contributed by atoms with van der Waals surface area (Å²) >= 11 is 0. The molecule has 22 heavy (non-hydrogen) atoms. The van der Waals surface area contributed by atoms with Crippen LogP contribution in [0.25, 0.3) is 0 Å². The normalized spacial score (nSPS) is 14.0. The van der Waals surface area contributed by atoms with Gasteiger partial charge in [0.05, 0.1) is 16.1 Å². The van der Waals surface area contributed by atoms with E-state index < -0.39 is 16.0 Å². The zero-order chi connectivity index (χ0) is 15.9. The number of aryl methyl sites for hydroxylation is 1. The first-order valence-electron chi connectivity index (χ1n) is 6.85. The number of carboxylic acid groups (broad SMARTS) is 1. The standard InChI is InChI=1S/C16H15NO4S/c1-11-2-7-15-13(10-11)8-9-17(15)22(20,21)14-5-3-12(4-6-14)16(18)19/h2-7,10H,8-9H2,1H3,(H,18,19). The number of hydrogen-bond acceptors (Lipinski definition) is 3. The third-order valence-electron chi connectivity index (χ3n) is 3.78. The van der Waals surface area contributed by atoms with Crippen LogP contribution in [0.2, 0.25) is 0 Å². The summed E-state index contributed by atoms with van der Waals surface area (Å²) in [6.07, 6.45) is 0.684. The minimum absolute atomic E-state index is 0.0661. The van der Waals surface area contributed by atoms with Gasteiger partial charge in [-0.15, -0.1) is 0 Å². The molecule has 3 rings (SSSR count). The highest BCUT2D eigenvalue weighted by molar-refractivity contribution is 7.92. The van der Waals surface area contributed by atoms with Gasteiger partial charge < -0.3 is 5.11 Å². The summed E-state index contributed by atoms with van der Waals surface area (Å²) in [6, 6.07) is 11.0. The van der Waals surface area contributed by atoms with Crippen LogP contribution in [0.4, 0.5) is 5.69 Å². The van der Waals surface area contributed by atoms with E-state index in [9.17, 15) is 13.2 Å². The fourth-order valence-electron chi connectivity index (χ4n) is 2.65. The van der Waals surface area contributed by atoms with E-state index in [1.165, 1.54) is 28.6 Å². The Kier molecular flexibility index (Phi) is 3.41. The van der Waals surface area contributed by atoms with E-state index in [0.717, 1.165) is 11.1 Å². The highest BCUT2D eigenvalue weighted by Crippen LogP contribution is 2.33.